The van der Waals surface area contributed by atoms with Crippen LogP contribution < -0.4 is 0 Å². The van der Waals surface area contributed by atoms with Crippen LogP contribution in [0.3, 0.4) is 0 Å². The molecular weight excluding hydrogens is 456 g/mol. The second-order valence-electron chi connectivity index (χ2n) is 9.41. The van der Waals surface area contributed by atoms with Crippen LogP contribution in [0.4, 0.5) is 8.78 Å². The lowest BCUT2D eigenvalue weighted by Gasteiger charge is -2.15. The maximum absolute atomic E-state index is 13.7. The molecule has 2 aromatic carbocycles. The number of rotatable bonds is 8. The van der Waals surface area contributed by atoms with Crippen LogP contribution in [0.15, 0.2) is 71.9 Å². The van der Waals surface area contributed by atoms with Gasteiger partial charge in [-0.25, -0.2) is 8.78 Å². The van der Waals surface area contributed by atoms with E-state index in [1.807, 2.05) is 42.6 Å². The van der Waals surface area contributed by atoms with E-state index >= 15 is 0 Å². The minimum Gasteiger partial charge on any atom is -0.338 e. The fourth-order valence-corrected chi connectivity index (χ4v) is 4.90. The average Bonchev–Trinajstić information content (AvgIpc) is 3.52. The Kier molecular flexibility index (Phi) is 6.59. The average molecular weight is 484 g/mol. The molecule has 0 saturated heterocycles. The number of aromatic nitrogens is 2. The quantitative estimate of drug-likeness (QED) is 0.260. The van der Waals surface area contributed by atoms with Gasteiger partial charge in [0.2, 0.25) is 0 Å². The predicted molar refractivity (Wildman–Crippen MR) is 140 cm³/mol. The lowest BCUT2D eigenvalue weighted by molar-refractivity contribution is 0.0983. The summed E-state index contributed by atoms with van der Waals surface area (Å²) >= 11 is 0. The molecule has 0 radical (unpaired) electrons. The van der Waals surface area contributed by atoms with Crippen molar-refractivity contribution in [3.05, 3.63) is 107 Å². The van der Waals surface area contributed by atoms with E-state index in [2.05, 4.69) is 34.5 Å². The molecule has 3 heterocycles. The van der Waals surface area contributed by atoms with E-state index in [1.165, 1.54) is 12.1 Å². The molecule has 5 rings (SSSR count). The standard InChI is InChI=1S/C30H27F2N3O/c1-19(2)30-29(28(36)11-7-20-6-10-25(31)26(32)15-20)24-9-8-21(22-12-14-33-17-22)16-27(24)35(30)18-23-5-3-4-13-34-23/h3-6,8-10,12-16,19H,7,11,17-18H2,1-2H3. The SMILES string of the molecule is CC(C)c1c(C(=O)CCc2ccc(F)c(F)c2)c2ccc(C3=CC=NC3)cc2n1Cc1ccccn1. The Hall–Kier alpha value is -3.93. The maximum atomic E-state index is 13.7. The van der Waals surface area contributed by atoms with Gasteiger partial charge in [-0.1, -0.05) is 38.1 Å². The van der Waals surface area contributed by atoms with Gasteiger partial charge in [0.1, 0.15) is 0 Å². The molecule has 0 N–H and O–H groups in total. The number of benzene rings is 2. The van der Waals surface area contributed by atoms with Crippen molar-refractivity contribution in [3.63, 3.8) is 0 Å². The molecule has 1 aliphatic heterocycles. The number of nitrogens with zero attached hydrogens (tertiary/aromatic N) is 3. The van der Waals surface area contributed by atoms with Crippen LogP contribution in [0.5, 0.6) is 0 Å². The van der Waals surface area contributed by atoms with Crippen LogP contribution in [-0.2, 0) is 13.0 Å². The van der Waals surface area contributed by atoms with Gasteiger partial charge in [0.15, 0.2) is 17.4 Å². The van der Waals surface area contributed by atoms with Gasteiger partial charge in [0, 0.05) is 41.0 Å². The van der Waals surface area contributed by atoms with Crippen molar-refractivity contribution in [2.45, 2.75) is 39.2 Å². The smallest absolute Gasteiger partial charge is 0.165 e. The zero-order valence-electron chi connectivity index (χ0n) is 20.3. The number of Topliss-reactive ketones (excluding diaryl/α,β-unsaturated/α-hetero) is 1. The van der Waals surface area contributed by atoms with Crippen molar-refractivity contribution < 1.29 is 13.6 Å². The number of halogens is 2. The third kappa shape index (κ3) is 4.63. The summed E-state index contributed by atoms with van der Waals surface area (Å²) < 4.78 is 29.2. The van der Waals surface area contributed by atoms with Crippen molar-refractivity contribution >= 4 is 28.5 Å². The molecule has 0 amide bonds. The maximum Gasteiger partial charge on any atom is 0.165 e. The molecule has 0 unspecified atom stereocenters. The van der Waals surface area contributed by atoms with Crippen LogP contribution in [0.25, 0.3) is 16.5 Å². The van der Waals surface area contributed by atoms with Crippen LogP contribution in [0, 0.1) is 11.6 Å². The third-order valence-corrected chi connectivity index (χ3v) is 6.62. The van der Waals surface area contributed by atoms with Crippen LogP contribution in [-0.4, -0.2) is 28.1 Å². The number of ketones is 1. The van der Waals surface area contributed by atoms with Crippen LogP contribution in [0.1, 0.15) is 59.1 Å². The molecular formula is C30H27F2N3O. The Balaban J connectivity index is 1.59. The fraction of sp³-hybridized carbons (Fsp3) is 0.233. The molecule has 0 spiro atoms. The van der Waals surface area contributed by atoms with E-state index in [-0.39, 0.29) is 18.1 Å². The Morgan fingerprint density at radius 2 is 1.92 bits per heavy atom. The number of carbonyl (C=O) groups is 1. The summed E-state index contributed by atoms with van der Waals surface area (Å²) in [5.74, 6) is -1.71. The number of aliphatic imine (C=N–C) groups is 1. The summed E-state index contributed by atoms with van der Waals surface area (Å²) in [4.78, 5) is 22.5. The summed E-state index contributed by atoms with van der Waals surface area (Å²) in [6.07, 6.45) is 6.15. The topological polar surface area (TPSA) is 47.2 Å². The molecule has 4 nitrogen and oxygen atoms in total. The molecule has 0 fully saturated rings. The molecule has 1 aliphatic rings. The van der Waals surface area contributed by atoms with E-state index in [1.54, 1.807) is 6.20 Å². The van der Waals surface area contributed by atoms with Gasteiger partial charge < -0.3 is 4.57 Å². The fourth-order valence-electron chi connectivity index (χ4n) is 4.90. The highest BCUT2D eigenvalue weighted by atomic mass is 19.2. The third-order valence-electron chi connectivity index (χ3n) is 6.62. The molecule has 0 aliphatic carbocycles. The Labute approximate surface area is 209 Å². The monoisotopic (exact) mass is 483 g/mol. The second-order valence-corrected chi connectivity index (χ2v) is 9.41. The second kappa shape index (κ2) is 9.97. The Bertz CT molecular complexity index is 1500. The number of pyridine rings is 1. The molecule has 0 bridgehead atoms. The summed E-state index contributed by atoms with van der Waals surface area (Å²) in [5.41, 5.74) is 6.36. The van der Waals surface area contributed by atoms with Gasteiger partial charge in [0.25, 0.3) is 0 Å². The van der Waals surface area contributed by atoms with Gasteiger partial charge in [-0.15, -0.1) is 0 Å². The molecule has 2 aromatic heterocycles. The van der Waals surface area contributed by atoms with Crippen molar-refractivity contribution in [1.82, 2.24) is 9.55 Å². The largest absolute Gasteiger partial charge is 0.338 e. The van der Waals surface area contributed by atoms with E-state index in [0.717, 1.165) is 39.5 Å². The van der Waals surface area contributed by atoms with E-state index < -0.39 is 11.6 Å². The molecule has 4 aromatic rings. The first-order chi connectivity index (χ1) is 17.4. The van der Waals surface area contributed by atoms with E-state index in [0.29, 0.717) is 30.6 Å². The Morgan fingerprint density at radius 3 is 2.61 bits per heavy atom. The normalized spacial score (nSPS) is 13.1. The summed E-state index contributed by atoms with van der Waals surface area (Å²) in [6, 6.07) is 15.8. The molecule has 0 atom stereocenters. The van der Waals surface area contributed by atoms with Gasteiger partial charge >= 0.3 is 0 Å². The minimum absolute atomic E-state index is 0.00984. The van der Waals surface area contributed by atoms with Crippen LogP contribution in [0.2, 0.25) is 0 Å². The van der Waals surface area contributed by atoms with E-state index in [9.17, 15) is 13.6 Å². The lowest BCUT2D eigenvalue weighted by Crippen LogP contribution is -2.11. The molecule has 0 saturated carbocycles. The van der Waals surface area contributed by atoms with Gasteiger partial charge in [-0.05, 0) is 65.4 Å². The lowest BCUT2D eigenvalue weighted by atomic mass is 9.95. The first-order valence-corrected chi connectivity index (χ1v) is 12.1. The van der Waals surface area contributed by atoms with Crippen LogP contribution >= 0.6 is 0 Å². The van der Waals surface area contributed by atoms with Crippen molar-refractivity contribution in [2.75, 3.05) is 6.54 Å². The number of aryl methyl sites for hydroxylation is 1. The highest BCUT2D eigenvalue weighted by Gasteiger charge is 2.25. The van der Waals surface area contributed by atoms with Crippen molar-refractivity contribution in [1.29, 1.82) is 0 Å². The number of fused-ring (bicyclic) bond motifs is 1. The highest BCUT2D eigenvalue weighted by Crippen LogP contribution is 2.35. The predicted octanol–water partition coefficient (Wildman–Crippen LogP) is 6.77. The first kappa shape index (κ1) is 23.8. The number of carbonyl (C=O) groups excluding carboxylic acids is 1. The van der Waals surface area contributed by atoms with Gasteiger partial charge in [0.05, 0.1) is 18.8 Å². The minimum atomic E-state index is -0.896. The molecule has 6 heteroatoms. The zero-order valence-corrected chi connectivity index (χ0v) is 20.3. The summed E-state index contributed by atoms with van der Waals surface area (Å²) in [5, 5.41) is 0.896. The number of hydrogen-bond donors (Lipinski definition) is 0. The highest BCUT2D eigenvalue weighted by molar-refractivity contribution is 6.10. The summed E-state index contributed by atoms with van der Waals surface area (Å²) in [7, 11) is 0. The van der Waals surface area contributed by atoms with E-state index in [4.69, 9.17) is 0 Å². The zero-order chi connectivity index (χ0) is 25.2. The van der Waals surface area contributed by atoms with Gasteiger partial charge in [-0.2, -0.15) is 0 Å². The van der Waals surface area contributed by atoms with Crippen molar-refractivity contribution in [3.8, 4) is 0 Å². The first-order valence-electron chi connectivity index (χ1n) is 12.1. The summed E-state index contributed by atoms with van der Waals surface area (Å²) in [6.45, 7) is 5.36. The number of hydrogen-bond acceptors (Lipinski definition) is 3. The Morgan fingerprint density at radius 1 is 1.06 bits per heavy atom. The molecule has 182 valence electrons. The number of allylic oxidation sites excluding steroid dienone is 1. The van der Waals surface area contributed by atoms with Gasteiger partial charge in [-0.3, -0.25) is 14.8 Å². The van der Waals surface area contributed by atoms with Crippen molar-refractivity contribution in [2.24, 2.45) is 4.99 Å². The molecule has 36 heavy (non-hydrogen) atoms.